The molecule has 0 aliphatic rings. The standard InChI is InChI=1S/C28H19F4N3O2/c1-16(23-7-2-3-14-33-23)34-26(36)17-8-13-24-21(15-17)25-20(5-4-6-22(25)29)27(37)35(24)19-11-9-18(10-12-19)28(30,31)32/h2-16H,1H3,(H,34,36)/t16-/m0/s1. The number of amides is 1. The average molecular weight is 505 g/mol. The second-order valence-electron chi connectivity index (χ2n) is 8.53. The lowest BCUT2D eigenvalue weighted by atomic mass is 10.0. The monoisotopic (exact) mass is 505 g/mol. The molecule has 5 nitrogen and oxygen atoms in total. The summed E-state index contributed by atoms with van der Waals surface area (Å²) < 4.78 is 55.4. The zero-order chi connectivity index (χ0) is 26.3. The van der Waals surface area contributed by atoms with Crippen molar-refractivity contribution < 1.29 is 22.4 Å². The van der Waals surface area contributed by atoms with Crippen LogP contribution in [0.2, 0.25) is 0 Å². The van der Waals surface area contributed by atoms with Crippen LogP contribution in [-0.4, -0.2) is 15.5 Å². The van der Waals surface area contributed by atoms with Crippen LogP contribution in [-0.2, 0) is 6.18 Å². The van der Waals surface area contributed by atoms with Crippen molar-refractivity contribution in [3.8, 4) is 5.69 Å². The summed E-state index contributed by atoms with van der Waals surface area (Å²) in [7, 11) is 0. The van der Waals surface area contributed by atoms with E-state index in [0.717, 1.165) is 12.1 Å². The summed E-state index contributed by atoms with van der Waals surface area (Å²) in [6.45, 7) is 1.78. The lowest BCUT2D eigenvalue weighted by Gasteiger charge is -2.17. The summed E-state index contributed by atoms with van der Waals surface area (Å²) in [5.74, 6) is -1.09. The van der Waals surface area contributed by atoms with E-state index in [2.05, 4.69) is 10.3 Å². The zero-order valence-electron chi connectivity index (χ0n) is 19.4. The molecule has 186 valence electrons. The van der Waals surface area contributed by atoms with Crippen LogP contribution in [0.15, 0.2) is 89.9 Å². The molecule has 2 heterocycles. The molecule has 2 aromatic heterocycles. The van der Waals surface area contributed by atoms with Gasteiger partial charge in [-0.1, -0.05) is 12.1 Å². The van der Waals surface area contributed by atoms with Gasteiger partial charge >= 0.3 is 6.18 Å². The third kappa shape index (κ3) is 4.44. The van der Waals surface area contributed by atoms with Crippen molar-refractivity contribution in [2.75, 3.05) is 0 Å². The second-order valence-corrected chi connectivity index (χ2v) is 8.53. The van der Waals surface area contributed by atoms with E-state index in [1.807, 2.05) is 0 Å². The topological polar surface area (TPSA) is 64.0 Å². The summed E-state index contributed by atoms with van der Waals surface area (Å²) in [4.78, 5) is 30.7. The summed E-state index contributed by atoms with van der Waals surface area (Å²) in [5.41, 5.74) is -0.155. The number of pyridine rings is 2. The van der Waals surface area contributed by atoms with Crippen LogP contribution in [0.1, 0.15) is 34.6 Å². The fraction of sp³-hybridized carbons (Fsp3) is 0.107. The maximum atomic E-state index is 15.0. The normalized spacial score (nSPS) is 12.6. The second kappa shape index (κ2) is 9.16. The molecule has 5 rings (SSSR count). The first-order valence-electron chi connectivity index (χ1n) is 11.3. The summed E-state index contributed by atoms with van der Waals surface area (Å²) >= 11 is 0. The van der Waals surface area contributed by atoms with Gasteiger partial charge in [0.15, 0.2) is 0 Å². The van der Waals surface area contributed by atoms with Gasteiger partial charge in [0.2, 0.25) is 0 Å². The molecule has 1 N–H and O–H groups in total. The number of rotatable bonds is 4. The molecule has 1 amide bonds. The van der Waals surface area contributed by atoms with Gasteiger partial charge in [0.25, 0.3) is 11.5 Å². The van der Waals surface area contributed by atoms with E-state index in [-0.39, 0.29) is 32.9 Å². The highest BCUT2D eigenvalue weighted by Crippen LogP contribution is 2.31. The summed E-state index contributed by atoms with van der Waals surface area (Å²) in [6.07, 6.45) is -2.92. The predicted octanol–water partition coefficient (Wildman–Crippen LogP) is 6.19. The van der Waals surface area contributed by atoms with E-state index in [4.69, 9.17) is 0 Å². The van der Waals surface area contributed by atoms with Gasteiger partial charge < -0.3 is 5.32 Å². The highest BCUT2D eigenvalue weighted by Gasteiger charge is 2.30. The van der Waals surface area contributed by atoms with Crippen molar-refractivity contribution in [2.24, 2.45) is 0 Å². The van der Waals surface area contributed by atoms with E-state index in [0.29, 0.717) is 5.69 Å². The number of nitrogens with one attached hydrogen (secondary N) is 1. The van der Waals surface area contributed by atoms with Gasteiger partial charge in [-0.05, 0) is 73.7 Å². The van der Waals surface area contributed by atoms with Gasteiger partial charge in [-0.25, -0.2) is 4.39 Å². The number of alkyl halides is 3. The Labute approximate surface area is 208 Å². The van der Waals surface area contributed by atoms with Crippen molar-refractivity contribution in [3.63, 3.8) is 0 Å². The molecular formula is C28H19F4N3O2. The summed E-state index contributed by atoms with van der Waals surface area (Å²) in [5, 5.41) is 3.18. The van der Waals surface area contributed by atoms with Crippen LogP contribution in [0.4, 0.5) is 17.6 Å². The number of fused-ring (bicyclic) bond motifs is 3. The SMILES string of the molecule is C[C@H](NC(=O)c1ccc2c(c1)c1c(F)cccc1c(=O)n2-c1ccc(C(F)(F)F)cc1)c1ccccn1. The van der Waals surface area contributed by atoms with Crippen molar-refractivity contribution >= 4 is 27.6 Å². The minimum Gasteiger partial charge on any atom is -0.344 e. The van der Waals surface area contributed by atoms with Crippen LogP contribution >= 0.6 is 0 Å². The van der Waals surface area contributed by atoms with Crippen LogP contribution in [0, 0.1) is 5.82 Å². The largest absolute Gasteiger partial charge is 0.416 e. The Morgan fingerprint density at radius 2 is 1.70 bits per heavy atom. The molecule has 0 radical (unpaired) electrons. The van der Waals surface area contributed by atoms with Crippen molar-refractivity contribution in [1.82, 2.24) is 14.9 Å². The lowest BCUT2D eigenvalue weighted by molar-refractivity contribution is -0.137. The maximum absolute atomic E-state index is 15.0. The Morgan fingerprint density at radius 1 is 0.946 bits per heavy atom. The average Bonchev–Trinajstić information content (AvgIpc) is 2.89. The smallest absolute Gasteiger partial charge is 0.344 e. The van der Waals surface area contributed by atoms with E-state index in [9.17, 15) is 27.2 Å². The van der Waals surface area contributed by atoms with Crippen molar-refractivity contribution in [1.29, 1.82) is 0 Å². The van der Waals surface area contributed by atoms with Gasteiger partial charge in [-0.3, -0.25) is 19.1 Å². The Hall–Kier alpha value is -4.53. The number of hydrogen-bond donors (Lipinski definition) is 1. The molecule has 0 aliphatic carbocycles. The Morgan fingerprint density at radius 3 is 2.38 bits per heavy atom. The van der Waals surface area contributed by atoms with Crippen LogP contribution < -0.4 is 10.9 Å². The van der Waals surface area contributed by atoms with Crippen molar-refractivity contribution in [2.45, 2.75) is 19.1 Å². The fourth-order valence-corrected chi connectivity index (χ4v) is 4.32. The van der Waals surface area contributed by atoms with Gasteiger partial charge in [-0.2, -0.15) is 13.2 Å². The fourth-order valence-electron chi connectivity index (χ4n) is 4.32. The molecule has 1 atom stereocenters. The number of nitrogens with zero attached hydrogens (tertiary/aromatic N) is 2. The van der Waals surface area contributed by atoms with Gasteiger partial charge in [0.1, 0.15) is 5.82 Å². The van der Waals surface area contributed by atoms with Crippen molar-refractivity contribution in [3.05, 3.63) is 118 Å². The number of halogens is 4. The van der Waals surface area contributed by atoms with E-state index in [1.165, 1.54) is 53.1 Å². The van der Waals surface area contributed by atoms with Crippen LogP contribution in [0.5, 0.6) is 0 Å². The van der Waals surface area contributed by atoms with E-state index < -0.39 is 35.1 Å². The number of carbonyl (C=O) groups is 1. The van der Waals surface area contributed by atoms with Gasteiger partial charge in [0.05, 0.1) is 28.2 Å². The highest BCUT2D eigenvalue weighted by molar-refractivity contribution is 6.09. The number of carbonyl (C=O) groups excluding carboxylic acids is 1. The minimum absolute atomic E-state index is 0.0260. The highest BCUT2D eigenvalue weighted by atomic mass is 19.4. The van der Waals surface area contributed by atoms with Gasteiger partial charge in [-0.15, -0.1) is 0 Å². The molecule has 9 heteroatoms. The lowest BCUT2D eigenvalue weighted by Crippen LogP contribution is -2.27. The molecule has 0 unspecified atom stereocenters. The molecule has 3 aromatic carbocycles. The maximum Gasteiger partial charge on any atom is 0.416 e. The molecule has 37 heavy (non-hydrogen) atoms. The molecule has 5 aromatic rings. The quantitative estimate of drug-likeness (QED) is 0.234. The third-order valence-corrected chi connectivity index (χ3v) is 6.15. The first-order valence-corrected chi connectivity index (χ1v) is 11.3. The third-order valence-electron chi connectivity index (χ3n) is 6.15. The Kier molecular flexibility index (Phi) is 5.99. The molecule has 0 saturated heterocycles. The first-order chi connectivity index (χ1) is 17.6. The van der Waals surface area contributed by atoms with Crippen LogP contribution in [0.25, 0.3) is 27.4 Å². The molecule has 0 spiro atoms. The minimum atomic E-state index is -4.53. The van der Waals surface area contributed by atoms with E-state index >= 15 is 0 Å². The molecular weight excluding hydrogens is 486 g/mol. The molecule has 0 aliphatic heterocycles. The molecule has 0 fully saturated rings. The van der Waals surface area contributed by atoms with Gasteiger partial charge in [0, 0.05) is 28.2 Å². The van der Waals surface area contributed by atoms with Crippen LogP contribution in [0.3, 0.4) is 0 Å². The Balaban J connectivity index is 1.67. The molecule has 0 bridgehead atoms. The first kappa shape index (κ1) is 24.2. The van der Waals surface area contributed by atoms with E-state index in [1.54, 1.807) is 31.3 Å². The number of benzene rings is 3. The number of aromatic nitrogens is 2. The predicted molar refractivity (Wildman–Crippen MR) is 132 cm³/mol. The number of hydrogen-bond acceptors (Lipinski definition) is 3. The molecule has 0 saturated carbocycles. The Bertz CT molecular complexity index is 1700. The zero-order valence-corrected chi connectivity index (χ0v) is 19.4. The summed E-state index contributed by atoms with van der Waals surface area (Å²) in [6, 6.07) is 17.5.